The Kier molecular flexibility index (Phi) is 7.33. The summed E-state index contributed by atoms with van der Waals surface area (Å²) in [6.45, 7) is 3.74. The summed E-state index contributed by atoms with van der Waals surface area (Å²) in [5.74, 6) is -1.10. The molecule has 0 fully saturated rings. The predicted octanol–water partition coefficient (Wildman–Crippen LogP) is 3.70. The summed E-state index contributed by atoms with van der Waals surface area (Å²) < 4.78 is 21.0. The highest BCUT2D eigenvalue weighted by Crippen LogP contribution is 2.44. The van der Waals surface area contributed by atoms with Gasteiger partial charge in [0.25, 0.3) is 0 Å². The average Bonchev–Trinajstić information content (AvgIpc) is 3.20. The van der Waals surface area contributed by atoms with Crippen LogP contribution >= 0.6 is 0 Å². The summed E-state index contributed by atoms with van der Waals surface area (Å²) >= 11 is 0. The standard InChI is InChI=1S/C26H28N4O6/c1-15(2)21(22(31)36-25-28-23(33-4)27-24(29-25)34-5)30(3)26(32)35-14-20-18-12-8-6-10-16(18)17-11-7-9-13-19(17)20/h6-13,15,20-21H,14H2,1-5H3. The van der Waals surface area contributed by atoms with E-state index in [4.69, 9.17) is 18.9 Å². The van der Waals surface area contributed by atoms with Gasteiger partial charge >= 0.3 is 30.1 Å². The first kappa shape index (κ1) is 24.9. The molecule has 1 aliphatic rings. The second-order valence-corrected chi connectivity index (χ2v) is 8.62. The highest BCUT2D eigenvalue weighted by molar-refractivity contribution is 5.83. The van der Waals surface area contributed by atoms with Gasteiger partial charge < -0.3 is 18.9 Å². The van der Waals surface area contributed by atoms with Crippen LogP contribution in [0.1, 0.15) is 30.9 Å². The summed E-state index contributed by atoms with van der Waals surface area (Å²) in [7, 11) is 4.23. The molecule has 1 heterocycles. The number of methoxy groups -OCH3 is 2. The zero-order valence-corrected chi connectivity index (χ0v) is 20.8. The van der Waals surface area contributed by atoms with Crippen molar-refractivity contribution in [3.8, 4) is 29.2 Å². The molecule has 0 N–H and O–H groups in total. The molecule has 0 bridgehead atoms. The lowest BCUT2D eigenvalue weighted by Gasteiger charge is -2.28. The number of hydrogen-bond donors (Lipinski definition) is 0. The van der Waals surface area contributed by atoms with E-state index in [1.54, 1.807) is 13.8 Å². The molecule has 36 heavy (non-hydrogen) atoms. The number of hydrogen-bond acceptors (Lipinski definition) is 9. The summed E-state index contributed by atoms with van der Waals surface area (Å²) in [6, 6.07) is 14.8. The van der Waals surface area contributed by atoms with Crippen LogP contribution in [0.5, 0.6) is 18.0 Å². The van der Waals surface area contributed by atoms with Crippen LogP contribution in [0.2, 0.25) is 0 Å². The summed E-state index contributed by atoms with van der Waals surface area (Å²) in [6.07, 6.45) is -0.640. The fraction of sp³-hybridized carbons (Fsp3) is 0.346. The Balaban J connectivity index is 1.47. The molecule has 4 rings (SSSR count). The Morgan fingerprint density at radius 1 is 0.861 bits per heavy atom. The monoisotopic (exact) mass is 492 g/mol. The molecule has 188 valence electrons. The first-order valence-electron chi connectivity index (χ1n) is 11.5. The van der Waals surface area contributed by atoms with Crippen LogP contribution in [0, 0.1) is 5.92 Å². The van der Waals surface area contributed by atoms with Crippen LogP contribution in [-0.2, 0) is 9.53 Å². The molecule has 1 amide bonds. The number of carbonyl (C=O) groups is 2. The van der Waals surface area contributed by atoms with Crippen molar-refractivity contribution in [2.45, 2.75) is 25.8 Å². The van der Waals surface area contributed by atoms with E-state index >= 15 is 0 Å². The van der Waals surface area contributed by atoms with Crippen molar-refractivity contribution in [1.82, 2.24) is 19.9 Å². The molecule has 0 spiro atoms. The largest absolute Gasteiger partial charge is 0.467 e. The van der Waals surface area contributed by atoms with E-state index in [9.17, 15) is 9.59 Å². The van der Waals surface area contributed by atoms with Gasteiger partial charge in [-0.25, -0.2) is 9.59 Å². The van der Waals surface area contributed by atoms with Crippen molar-refractivity contribution in [1.29, 1.82) is 0 Å². The predicted molar refractivity (Wildman–Crippen MR) is 130 cm³/mol. The van der Waals surface area contributed by atoms with Crippen LogP contribution in [0.15, 0.2) is 48.5 Å². The van der Waals surface area contributed by atoms with Crippen molar-refractivity contribution in [2.75, 3.05) is 27.9 Å². The number of ether oxygens (including phenoxy) is 4. The summed E-state index contributed by atoms with van der Waals surface area (Å²) in [5, 5.41) is 0. The Morgan fingerprint density at radius 3 is 1.86 bits per heavy atom. The second-order valence-electron chi connectivity index (χ2n) is 8.62. The molecule has 1 aromatic heterocycles. The van der Waals surface area contributed by atoms with Crippen LogP contribution in [0.3, 0.4) is 0 Å². The summed E-state index contributed by atoms with van der Waals surface area (Å²) in [5.41, 5.74) is 4.47. The first-order valence-corrected chi connectivity index (χ1v) is 11.5. The molecule has 0 aliphatic heterocycles. The number of likely N-dealkylation sites (N-methyl/N-ethyl adjacent to an activating group) is 1. The van der Waals surface area contributed by atoms with Gasteiger partial charge in [-0.2, -0.15) is 0 Å². The molecule has 2 aromatic carbocycles. The van der Waals surface area contributed by atoms with Gasteiger partial charge in [0.15, 0.2) is 0 Å². The third kappa shape index (κ3) is 4.93. The number of aromatic nitrogens is 3. The van der Waals surface area contributed by atoms with Gasteiger partial charge in [0.05, 0.1) is 14.2 Å². The Hall–Kier alpha value is -4.21. The number of carbonyl (C=O) groups excluding carboxylic acids is 2. The third-order valence-electron chi connectivity index (χ3n) is 6.05. The second kappa shape index (κ2) is 10.6. The van der Waals surface area contributed by atoms with Crippen LogP contribution in [0.4, 0.5) is 4.79 Å². The quantitative estimate of drug-likeness (QED) is 0.434. The highest BCUT2D eigenvalue weighted by Gasteiger charge is 2.35. The van der Waals surface area contributed by atoms with Gasteiger partial charge in [-0.1, -0.05) is 62.4 Å². The van der Waals surface area contributed by atoms with Gasteiger partial charge in [-0.05, 0) is 28.2 Å². The van der Waals surface area contributed by atoms with Gasteiger partial charge in [0.1, 0.15) is 12.6 Å². The zero-order valence-electron chi connectivity index (χ0n) is 20.8. The van der Waals surface area contributed by atoms with E-state index in [2.05, 4.69) is 27.1 Å². The van der Waals surface area contributed by atoms with E-state index < -0.39 is 18.1 Å². The molecule has 10 heteroatoms. The Bertz CT molecular complexity index is 1200. The maximum atomic E-state index is 13.0. The van der Waals surface area contributed by atoms with Crippen molar-refractivity contribution in [3.63, 3.8) is 0 Å². The van der Waals surface area contributed by atoms with Crippen molar-refractivity contribution in [2.24, 2.45) is 5.92 Å². The number of fused-ring (bicyclic) bond motifs is 3. The zero-order chi connectivity index (χ0) is 25.8. The molecule has 1 unspecified atom stereocenters. The highest BCUT2D eigenvalue weighted by atomic mass is 16.6. The molecule has 0 saturated heterocycles. The Morgan fingerprint density at radius 2 is 1.36 bits per heavy atom. The lowest BCUT2D eigenvalue weighted by Crippen LogP contribution is -2.48. The van der Waals surface area contributed by atoms with Crippen molar-refractivity contribution >= 4 is 12.1 Å². The van der Waals surface area contributed by atoms with E-state index in [1.807, 2.05) is 36.4 Å². The average molecular weight is 493 g/mol. The number of esters is 1. The summed E-state index contributed by atoms with van der Waals surface area (Å²) in [4.78, 5) is 39.0. The molecule has 1 aliphatic carbocycles. The Labute approximate surface area is 209 Å². The molecule has 0 saturated carbocycles. The number of nitrogens with zero attached hydrogens (tertiary/aromatic N) is 4. The molecular formula is C26H28N4O6. The number of benzene rings is 2. The van der Waals surface area contributed by atoms with E-state index in [0.717, 1.165) is 22.3 Å². The third-order valence-corrected chi connectivity index (χ3v) is 6.05. The van der Waals surface area contributed by atoms with Crippen LogP contribution < -0.4 is 14.2 Å². The lowest BCUT2D eigenvalue weighted by molar-refractivity contribution is -0.141. The smallest absolute Gasteiger partial charge is 0.410 e. The van der Waals surface area contributed by atoms with Gasteiger partial charge in [0.2, 0.25) is 0 Å². The SMILES string of the molecule is COc1nc(OC)nc(OC(=O)C(C(C)C)N(C)C(=O)OCC2c3ccccc3-c3ccccc32)n1. The molecule has 3 aromatic rings. The minimum atomic E-state index is -0.950. The lowest BCUT2D eigenvalue weighted by atomic mass is 9.98. The number of rotatable bonds is 8. The van der Waals surface area contributed by atoms with Crippen LogP contribution in [0.25, 0.3) is 11.1 Å². The van der Waals surface area contributed by atoms with Crippen molar-refractivity contribution < 1.29 is 28.5 Å². The molecule has 1 atom stereocenters. The van der Waals surface area contributed by atoms with Gasteiger partial charge in [-0.15, -0.1) is 15.0 Å². The topological polar surface area (TPSA) is 113 Å². The van der Waals surface area contributed by atoms with Crippen LogP contribution in [-0.4, -0.2) is 65.8 Å². The fourth-order valence-electron chi connectivity index (χ4n) is 4.39. The minimum Gasteiger partial charge on any atom is -0.467 e. The molecule has 10 nitrogen and oxygen atoms in total. The van der Waals surface area contributed by atoms with E-state index in [1.165, 1.54) is 26.2 Å². The molecular weight excluding hydrogens is 464 g/mol. The maximum absolute atomic E-state index is 13.0. The first-order chi connectivity index (χ1) is 17.3. The van der Waals surface area contributed by atoms with Crippen molar-refractivity contribution in [3.05, 3.63) is 59.7 Å². The maximum Gasteiger partial charge on any atom is 0.410 e. The minimum absolute atomic E-state index is 0.0735. The fourth-order valence-corrected chi connectivity index (χ4v) is 4.39. The van der Waals surface area contributed by atoms with E-state index in [-0.39, 0.29) is 36.5 Å². The van der Waals surface area contributed by atoms with Gasteiger partial charge in [-0.3, -0.25) is 4.90 Å². The number of amides is 1. The van der Waals surface area contributed by atoms with E-state index in [0.29, 0.717) is 0 Å². The van der Waals surface area contributed by atoms with Gasteiger partial charge in [0, 0.05) is 13.0 Å². The molecule has 0 radical (unpaired) electrons. The normalized spacial score (nSPS) is 12.9.